The Morgan fingerprint density at radius 2 is 1.90 bits per heavy atom. The van der Waals surface area contributed by atoms with Gasteiger partial charge in [0.05, 0.1) is 10.6 Å². The van der Waals surface area contributed by atoms with Gasteiger partial charge in [-0.15, -0.1) is 0 Å². The third-order valence-electron chi connectivity index (χ3n) is 3.10. The molecule has 0 aliphatic heterocycles. The number of carboxylic acids is 1. The van der Waals surface area contributed by atoms with E-state index in [0.717, 1.165) is 0 Å². The summed E-state index contributed by atoms with van der Waals surface area (Å²) < 4.78 is 0. The summed E-state index contributed by atoms with van der Waals surface area (Å²) in [6.07, 6.45) is 0. The zero-order valence-electron chi connectivity index (χ0n) is 12.0. The van der Waals surface area contributed by atoms with Crippen molar-refractivity contribution >= 4 is 29.3 Å². The number of amides is 2. The second-order valence-corrected chi connectivity index (χ2v) is 6.09. The third-order valence-corrected chi connectivity index (χ3v) is 3.43. The van der Waals surface area contributed by atoms with Crippen LogP contribution in [-0.2, 0) is 0 Å². The number of carbonyl (C=O) groups excluding carboxylic acids is 1. The van der Waals surface area contributed by atoms with Crippen molar-refractivity contribution in [3.8, 4) is 0 Å². The first-order chi connectivity index (χ1) is 9.11. The summed E-state index contributed by atoms with van der Waals surface area (Å²) in [6, 6.07) is 3.90. The molecule has 5 nitrogen and oxygen atoms in total. The fourth-order valence-corrected chi connectivity index (χ4v) is 1.55. The minimum atomic E-state index is -1.14. The summed E-state index contributed by atoms with van der Waals surface area (Å²) in [6.45, 7) is 7.96. The number of carboxylic acid groups (broad SMARTS) is 1. The van der Waals surface area contributed by atoms with Crippen LogP contribution in [0.5, 0.6) is 0 Å². The molecule has 110 valence electrons. The molecule has 0 saturated carbocycles. The molecule has 1 atom stereocenters. The fraction of sp³-hybridized carbons (Fsp3) is 0.429. The minimum absolute atomic E-state index is 0.0336. The van der Waals surface area contributed by atoms with Crippen molar-refractivity contribution in [3.63, 3.8) is 0 Å². The van der Waals surface area contributed by atoms with E-state index in [2.05, 4.69) is 10.6 Å². The maximum atomic E-state index is 11.8. The predicted octanol–water partition coefficient (Wildman–Crippen LogP) is 3.59. The van der Waals surface area contributed by atoms with Gasteiger partial charge in [-0.2, -0.15) is 0 Å². The van der Waals surface area contributed by atoms with Gasteiger partial charge in [0, 0.05) is 11.7 Å². The van der Waals surface area contributed by atoms with Crippen LogP contribution in [0.1, 0.15) is 38.1 Å². The summed E-state index contributed by atoms with van der Waals surface area (Å²) in [5, 5.41) is 14.5. The summed E-state index contributed by atoms with van der Waals surface area (Å²) in [5.74, 6) is -1.14. The van der Waals surface area contributed by atoms with Crippen molar-refractivity contribution < 1.29 is 14.7 Å². The lowest BCUT2D eigenvalue weighted by atomic mass is 9.88. The molecule has 0 saturated heterocycles. The van der Waals surface area contributed by atoms with Crippen LogP contribution in [0.3, 0.4) is 0 Å². The molecular weight excluding hydrogens is 280 g/mol. The second kappa shape index (κ2) is 6.13. The largest absolute Gasteiger partial charge is 0.478 e. The van der Waals surface area contributed by atoms with Gasteiger partial charge in [0.25, 0.3) is 0 Å². The van der Waals surface area contributed by atoms with Gasteiger partial charge < -0.3 is 15.7 Å². The van der Waals surface area contributed by atoms with Gasteiger partial charge in [-0.3, -0.25) is 0 Å². The van der Waals surface area contributed by atoms with Crippen molar-refractivity contribution in [2.75, 3.05) is 5.32 Å². The van der Waals surface area contributed by atoms with Gasteiger partial charge >= 0.3 is 12.0 Å². The Morgan fingerprint density at radius 1 is 1.30 bits per heavy atom. The molecule has 1 unspecified atom stereocenters. The molecule has 3 N–H and O–H groups in total. The first-order valence-corrected chi connectivity index (χ1v) is 6.59. The highest BCUT2D eigenvalue weighted by molar-refractivity contribution is 6.33. The van der Waals surface area contributed by atoms with Crippen LogP contribution in [0.4, 0.5) is 10.5 Å². The van der Waals surface area contributed by atoms with Crippen molar-refractivity contribution in [3.05, 3.63) is 28.8 Å². The van der Waals surface area contributed by atoms with Gasteiger partial charge in [-0.1, -0.05) is 32.4 Å². The molecule has 0 aliphatic rings. The highest BCUT2D eigenvalue weighted by Crippen LogP contribution is 2.21. The summed E-state index contributed by atoms with van der Waals surface area (Å²) >= 11 is 5.76. The molecule has 6 heteroatoms. The van der Waals surface area contributed by atoms with E-state index < -0.39 is 5.97 Å². The molecular formula is C14H19ClN2O3. The first-order valence-electron chi connectivity index (χ1n) is 6.21. The van der Waals surface area contributed by atoms with Gasteiger partial charge in [0.15, 0.2) is 0 Å². The average Bonchev–Trinajstić information content (AvgIpc) is 2.29. The molecule has 2 amide bonds. The average molecular weight is 299 g/mol. The van der Waals surface area contributed by atoms with Crippen LogP contribution in [0.15, 0.2) is 18.2 Å². The Bertz CT molecular complexity index is 524. The highest BCUT2D eigenvalue weighted by atomic mass is 35.5. The van der Waals surface area contributed by atoms with Crippen molar-refractivity contribution in [1.82, 2.24) is 5.32 Å². The zero-order chi connectivity index (χ0) is 15.5. The maximum absolute atomic E-state index is 11.8. The highest BCUT2D eigenvalue weighted by Gasteiger charge is 2.21. The molecule has 0 radical (unpaired) electrons. The quantitative estimate of drug-likeness (QED) is 0.798. The zero-order valence-corrected chi connectivity index (χ0v) is 12.7. The smallest absolute Gasteiger partial charge is 0.337 e. The SMILES string of the molecule is CC(NC(=O)Nc1ccc(Cl)c(C(=O)O)c1)C(C)(C)C. The molecule has 20 heavy (non-hydrogen) atoms. The van der Waals surface area contributed by atoms with E-state index in [-0.39, 0.29) is 28.1 Å². The Kier molecular flexibility index (Phi) is 5.00. The third kappa shape index (κ3) is 4.42. The Morgan fingerprint density at radius 3 is 2.40 bits per heavy atom. The standard InChI is InChI=1S/C14H19ClN2O3/c1-8(14(2,3)4)16-13(20)17-9-5-6-11(15)10(7-9)12(18)19/h5-8H,1-4H3,(H,18,19)(H2,16,17,20). The molecule has 1 aromatic rings. The second-order valence-electron chi connectivity index (χ2n) is 5.69. The topological polar surface area (TPSA) is 78.4 Å². The predicted molar refractivity (Wildman–Crippen MR) is 79.5 cm³/mol. The lowest BCUT2D eigenvalue weighted by Gasteiger charge is -2.28. The van der Waals surface area contributed by atoms with E-state index in [1.165, 1.54) is 12.1 Å². The van der Waals surface area contributed by atoms with Crippen molar-refractivity contribution in [1.29, 1.82) is 0 Å². The molecule has 0 aromatic heterocycles. The summed E-state index contributed by atoms with van der Waals surface area (Å²) in [4.78, 5) is 22.8. The van der Waals surface area contributed by atoms with Crippen LogP contribution >= 0.6 is 11.6 Å². The normalized spacial score (nSPS) is 12.7. The van der Waals surface area contributed by atoms with Gasteiger partial charge in [0.2, 0.25) is 0 Å². The Balaban J connectivity index is 2.77. The van der Waals surface area contributed by atoms with E-state index in [1.54, 1.807) is 6.07 Å². The lowest BCUT2D eigenvalue weighted by molar-refractivity contribution is 0.0697. The Hall–Kier alpha value is -1.75. The molecule has 1 rings (SSSR count). The monoisotopic (exact) mass is 298 g/mol. The van der Waals surface area contributed by atoms with Gasteiger partial charge in [-0.05, 0) is 30.5 Å². The number of halogens is 1. The first kappa shape index (κ1) is 16.3. The Labute approximate surface area is 123 Å². The van der Waals surface area contributed by atoms with Crippen LogP contribution < -0.4 is 10.6 Å². The number of nitrogens with one attached hydrogen (secondary N) is 2. The van der Waals surface area contributed by atoms with E-state index in [4.69, 9.17) is 16.7 Å². The number of aromatic carboxylic acids is 1. The van der Waals surface area contributed by atoms with Gasteiger partial charge in [0.1, 0.15) is 0 Å². The molecule has 0 aliphatic carbocycles. The van der Waals surface area contributed by atoms with E-state index in [9.17, 15) is 9.59 Å². The summed E-state index contributed by atoms with van der Waals surface area (Å²) in [5.41, 5.74) is 0.266. The molecule has 0 bridgehead atoms. The van der Waals surface area contributed by atoms with Gasteiger partial charge in [-0.25, -0.2) is 9.59 Å². The number of urea groups is 1. The van der Waals surface area contributed by atoms with Crippen LogP contribution in [-0.4, -0.2) is 23.1 Å². The van der Waals surface area contributed by atoms with Crippen LogP contribution in [0.25, 0.3) is 0 Å². The van der Waals surface area contributed by atoms with Crippen LogP contribution in [0.2, 0.25) is 5.02 Å². The number of hydrogen-bond donors (Lipinski definition) is 3. The minimum Gasteiger partial charge on any atom is -0.478 e. The van der Waals surface area contributed by atoms with E-state index >= 15 is 0 Å². The molecule has 0 spiro atoms. The molecule has 1 aromatic carbocycles. The molecule has 0 fully saturated rings. The van der Waals surface area contributed by atoms with E-state index in [1.807, 2.05) is 27.7 Å². The molecule has 0 heterocycles. The lowest BCUT2D eigenvalue weighted by Crippen LogP contribution is -2.43. The number of anilines is 1. The number of rotatable bonds is 3. The van der Waals surface area contributed by atoms with Crippen molar-refractivity contribution in [2.45, 2.75) is 33.7 Å². The van der Waals surface area contributed by atoms with E-state index in [0.29, 0.717) is 5.69 Å². The number of benzene rings is 1. The number of hydrogen-bond acceptors (Lipinski definition) is 2. The summed E-state index contributed by atoms with van der Waals surface area (Å²) in [7, 11) is 0. The maximum Gasteiger partial charge on any atom is 0.337 e. The fourth-order valence-electron chi connectivity index (χ4n) is 1.35. The number of carbonyl (C=O) groups is 2. The van der Waals surface area contributed by atoms with Crippen molar-refractivity contribution in [2.24, 2.45) is 5.41 Å². The van der Waals surface area contributed by atoms with Crippen LogP contribution in [0, 0.1) is 5.41 Å².